The molecule has 100 valence electrons. The number of aryl methyl sites for hydroxylation is 1. The molecule has 0 radical (unpaired) electrons. The van der Waals surface area contributed by atoms with Gasteiger partial charge in [0.1, 0.15) is 0 Å². The van der Waals surface area contributed by atoms with Crippen molar-refractivity contribution in [3.05, 3.63) is 35.4 Å². The highest BCUT2D eigenvalue weighted by molar-refractivity contribution is 5.34. The molecule has 0 heterocycles. The number of hydrogen-bond donors (Lipinski definition) is 1. The Morgan fingerprint density at radius 1 is 1.28 bits per heavy atom. The SMILES string of the molecule is CCCCC(CC)CNC1CCc2ccccc21. The van der Waals surface area contributed by atoms with E-state index in [4.69, 9.17) is 0 Å². The minimum Gasteiger partial charge on any atom is -0.310 e. The molecular formula is C17H27N. The fourth-order valence-corrected chi connectivity index (χ4v) is 3.02. The van der Waals surface area contributed by atoms with Crippen LogP contribution in [0.3, 0.4) is 0 Å². The molecule has 0 fully saturated rings. The molecule has 0 aromatic heterocycles. The van der Waals surface area contributed by atoms with Gasteiger partial charge in [-0.15, -0.1) is 0 Å². The Hall–Kier alpha value is -0.820. The third-order valence-electron chi connectivity index (χ3n) is 4.33. The van der Waals surface area contributed by atoms with Crippen molar-refractivity contribution < 1.29 is 0 Å². The van der Waals surface area contributed by atoms with Crippen LogP contribution >= 0.6 is 0 Å². The lowest BCUT2D eigenvalue weighted by Gasteiger charge is -2.20. The predicted molar refractivity (Wildman–Crippen MR) is 78.8 cm³/mol. The van der Waals surface area contributed by atoms with Crippen molar-refractivity contribution in [1.29, 1.82) is 0 Å². The molecule has 0 saturated carbocycles. The van der Waals surface area contributed by atoms with E-state index in [1.807, 2.05) is 0 Å². The number of benzene rings is 1. The standard InChI is InChI=1S/C17H27N/c1-3-5-8-14(4-2)13-18-17-12-11-15-9-6-7-10-16(15)17/h6-7,9-10,14,17-18H,3-5,8,11-13H2,1-2H3. The van der Waals surface area contributed by atoms with Crippen LogP contribution in [0.1, 0.15) is 63.1 Å². The van der Waals surface area contributed by atoms with Crippen LogP contribution in [0.4, 0.5) is 0 Å². The highest BCUT2D eigenvalue weighted by Gasteiger charge is 2.21. The van der Waals surface area contributed by atoms with Gasteiger partial charge in [-0.2, -0.15) is 0 Å². The highest BCUT2D eigenvalue weighted by atomic mass is 14.9. The Labute approximate surface area is 112 Å². The molecule has 18 heavy (non-hydrogen) atoms. The predicted octanol–water partition coefficient (Wildman–Crippen LogP) is 4.48. The second kappa shape index (κ2) is 6.94. The molecule has 0 aliphatic heterocycles. The van der Waals surface area contributed by atoms with E-state index in [-0.39, 0.29) is 0 Å². The quantitative estimate of drug-likeness (QED) is 0.747. The second-order valence-corrected chi connectivity index (χ2v) is 5.61. The maximum absolute atomic E-state index is 3.80. The van der Waals surface area contributed by atoms with Crippen molar-refractivity contribution >= 4 is 0 Å². The van der Waals surface area contributed by atoms with E-state index >= 15 is 0 Å². The molecule has 2 atom stereocenters. The molecule has 2 unspecified atom stereocenters. The summed E-state index contributed by atoms with van der Waals surface area (Å²) in [5.41, 5.74) is 3.10. The molecule has 1 aliphatic carbocycles. The van der Waals surface area contributed by atoms with Gasteiger partial charge in [-0.1, -0.05) is 57.4 Å². The molecular weight excluding hydrogens is 218 g/mol. The number of hydrogen-bond acceptors (Lipinski definition) is 1. The van der Waals surface area contributed by atoms with Gasteiger partial charge in [0, 0.05) is 6.04 Å². The zero-order valence-electron chi connectivity index (χ0n) is 11.9. The monoisotopic (exact) mass is 245 g/mol. The van der Waals surface area contributed by atoms with Gasteiger partial charge in [-0.3, -0.25) is 0 Å². The van der Waals surface area contributed by atoms with Crippen LogP contribution < -0.4 is 5.32 Å². The van der Waals surface area contributed by atoms with Crippen molar-refractivity contribution in [3.63, 3.8) is 0 Å². The first kappa shape index (κ1) is 13.6. The molecule has 1 aromatic rings. The van der Waals surface area contributed by atoms with Crippen LogP contribution in [0, 0.1) is 5.92 Å². The number of nitrogens with one attached hydrogen (secondary N) is 1. The van der Waals surface area contributed by atoms with Gasteiger partial charge in [0.2, 0.25) is 0 Å². The van der Waals surface area contributed by atoms with Crippen LogP contribution in [0.15, 0.2) is 24.3 Å². The Morgan fingerprint density at radius 3 is 2.89 bits per heavy atom. The average Bonchev–Trinajstić information content (AvgIpc) is 2.82. The summed E-state index contributed by atoms with van der Waals surface area (Å²) in [5.74, 6) is 0.859. The van der Waals surface area contributed by atoms with Crippen LogP contribution in [-0.2, 0) is 6.42 Å². The normalized spacial score (nSPS) is 19.8. The van der Waals surface area contributed by atoms with Gasteiger partial charge in [0.15, 0.2) is 0 Å². The minimum atomic E-state index is 0.608. The smallest absolute Gasteiger partial charge is 0.0326 e. The van der Waals surface area contributed by atoms with E-state index in [0.29, 0.717) is 6.04 Å². The van der Waals surface area contributed by atoms with Gasteiger partial charge in [0.25, 0.3) is 0 Å². The Balaban J connectivity index is 1.84. The summed E-state index contributed by atoms with van der Waals surface area (Å²) in [7, 11) is 0. The highest BCUT2D eigenvalue weighted by Crippen LogP contribution is 2.30. The number of rotatable bonds is 7. The van der Waals surface area contributed by atoms with Crippen molar-refractivity contribution in [2.75, 3.05) is 6.54 Å². The Bertz CT molecular complexity index is 358. The zero-order chi connectivity index (χ0) is 12.8. The van der Waals surface area contributed by atoms with Crippen LogP contribution in [0.5, 0.6) is 0 Å². The molecule has 1 aliphatic rings. The molecule has 1 N–H and O–H groups in total. The summed E-state index contributed by atoms with van der Waals surface area (Å²) in [5, 5.41) is 3.80. The number of unbranched alkanes of at least 4 members (excludes halogenated alkanes) is 1. The maximum Gasteiger partial charge on any atom is 0.0326 e. The Morgan fingerprint density at radius 2 is 2.11 bits per heavy atom. The molecule has 0 bridgehead atoms. The summed E-state index contributed by atoms with van der Waals surface area (Å²) >= 11 is 0. The lowest BCUT2D eigenvalue weighted by Crippen LogP contribution is -2.26. The van der Waals surface area contributed by atoms with Crippen molar-refractivity contribution in [2.45, 2.75) is 58.4 Å². The molecule has 0 amide bonds. The van der Waals surface area contributed by atoms with E-state index < -0.39 is 0 Å². The first-order valence-corrected chi connectivity index (χ1v) is 7.66. The van der Waals surface area contributed by atoms with E-state index in [2.05, 4.69) is 43.4 Å². The molecule has 1 aromatic carbocycles. The van der Waals surface area contributed by atoms with E-state index in [1.165, 1.54) is 45.1 Å². The van der Waals surface area contributed by atoms with Gasteiger partial charge < -0.3 is 5.32 Å². The van der Waals surface area contributed by atoms with E-state index in [1.54, 1.807) is 11.1 Å². The van der Waals surface area contributed by atoms with Crippen molar-refractivity contribution in [2.24, 2.45) is 5.92 Å². The molecule has 0 saturated heterocycles. The summed E-state index contributed by atoms with van der Waals surface area (Å²) in [6.07, 6.45) is 7.92. The first-order chi connectivity index (χ1) is 8.85. The van der Waals surface area contributed by atoms with Crippen molar-refractivity contribution in [1.82, 2.24) is 5.32 Å². The summed E-state index contributed by atoms with van der Waals surface area (Å²) in [6.45, 7) is 5.80. The fraction of sp³-hybridized carbons (Fsp3) is 0.647. The zero-order valence-corrected chi connectivity index (χ0v) is 11.9. The topological polar surface area (TPSA) is 12.0 Å². The summed E-state index contributed by atoms with van der Waals surface area (Å²) in [4.78, 5) is 0. The average molecular weight is 245 g/mol. The molecule has 1 nitrogen and oxygen atoms in total. The summed E-state index contributed by atoms with van der Waals surface area (Å²) < 4.78 is 0. The van der Waals surface area contributed by atoms with E-state index in [0.717, 1.165) is 5.92 Å². The Kier molecular flexibility index (Phi) is 5.25. The van der Waals surface area contributed by atoms with Gasteiger partial charge in [-0.05, 0) is 42.9 Å². The third-order valence-corrected chi connectivity index (χ3v) is 4.33. The summed E-state index contributed by atoms with van der Waals surface area (Å²) in [6, 6.07) is 9.53. The van der Waals surface area contributed by atoms with Crippen LogP contribution in [0.2, 0.25) is 0 Å². The maximum atomic E-state index is 3.80. The van der Waals surface area contributed by atoms with Crippen LogP contribution in [0.25, 0.3) is 0 Å². The van der Waals surface area contributed by atoms with Crippen LogP contribution in [-0.4, -0.2) is 6.54 Å². The molecule has 1 heteroatoms. The third kappa shape index (κ3) is 3.35. The fourth-order valence-electron chi connectivity index (χ4n) is 3.02. The lowest BCUT2D eigenvalue weighted by molar-refractivity contribution is 0.389. The van der Waals surface area contributed by atoms with E-state index in [9.17, 15) is 0 Å². The minimum absolute atomic E-state index is 0.608. The van der Waals surface area contributed by atoms with Crippen molar-refractivity contribution in [3.8, 4) is 0 Å². The van der Waals surface area contributed by atoms with Gasteiger partial charge in [-0.25, -0.2) is 0 Å². The second-order valence-electron chi connectivity index (χ2n) is 5.61. The number of fused-ring (bicyclic) bond motifs is 1. The largest absolute Gasteiger partial charge is 0.310 e. The molecule has 0 spiro atoms. The van der Waals surface area contributed by atoms with Gasteiger partial charge in [0.05, 0.1) is 0 Å². The first-order valence-electron chi connectivity index (χ1n) is 7.66. The lowest BCUT2D eigenvalue weighted by atomic mass is 9.98. The molecule has 2 rings (SSSR count). The van der Waals surface area contributed by atoms with Gasteiger partial charge >= 0.3 is 0 Å².